The van der Waals surface area contributed by atoms with Crippen LogP contribution in [0, 0.1) is 11.8 Å². The molecule has 6 heteroatoms. The SMILES string of the molecule is [N-]=[N+]=NCC#Cc1cc(Br)ccc1C(=O)O. The van der Waals surface area contributed by atoms with E-state index in [9.17, 15) is 4.79 Å². The zero-order valence-electron chi connectivity index (χ0n) is 8.01. The Bertz CT molecular complexity index is 525. The van der Waals surface area contributed by atoms with Crippen LogP contribution in [-0.4, -0.2) is 17.6 Å². The number of nitrogens with zero attached hydrogens (tertiary/aromatic N) is 3. The van der Waals surface area contributed by atoms with Crippen LogP contribution < -0.4 is 0 Å². The molecule has 0 heterocycles. The zero-order valence-corrected chi connectivity index (χ0v) is 9.60. The van der Waals surface area contributed by atoms with E-state index in [0.29, 0.717) is 5.56 Å². The normalized spacial score (nSPS) is 8.56. The summed E-state index contributed by atoms with van der Waals surface area (Å²) in [6.07, 6.45) is 0. The third-order valence-corrected chi connectivity index (χ3v) is 2.14. The second kappa shape index (κ2) is 5.81. The van der Waals surface area contributed by atoms with Gasteiger partial charge < -0.3 is 5.11 Å². The molecule has 0 saturated carbocycles. The van der Waals surface area contributed by atoms with Crippen molar-refractivity contribution in [1.29, 1.82) is 0 Å². The maximum absolute atomic E-state index is 10.9. The minimum Gasteiger partial charge on any atom is -0.478 e. The molecule has 0 aliphatic heterocycles. The quantitative estimate of drug-likeness (QED) is 0.391. The van der Waals surface area contributed by atoms with E-state index >= 15 is 0 Å². The van der Waals surface area contributed by atoms with Crippen LogP contribution in [0.1, 0.15) is 15.9 Å². The number of rotatable bonds is 2. The fourth-order valence-corrected chi connectivity index (χ4v) is 1.37. The first-order chi connectivity index (χ1) is 7.65. The minimum absolute atomic E-state index is 0.0159. The Balaban J connectivity index is 3.08. The monoisotopic (exact) mass is 279 g/mol. The van der Waals surface area contributed by atoms with E-state index in [0.717, 1.165) is 4.47 Å². The fraction of sp³-hybridized carbons (Fsp3) is 0.100. The molecular weight excluding hydrogens is 274 g/mol. The van der Waals surface area contributed by atoms with Gasteiger partial charge in [-0.25, -0.2) is 4.79 Å². The molecule has 1 N–H and O–H groups in total. The molecule has 16 heavy (non-hydrogen) atoms. The van der Waals surface area contributed by atoms with E-state index in [1.807, 2.05) is 0 Å². The van der Waals surface area contributed by atoms with E-state index in [4.69, 9.17) is 10.6 Å². The van der Waals surface area contributed by atoms with E-state index in [1.165, 1.54) is 6.07 Å². The number of hydrogen-bond acceptors (Lipinski definition) is 2. The van der Waals surface area contributed by atoms with Crippen LogP contribution in [0.4, 0.5) is 0 Å². The fourth-order valence-electron chi connectivity index (χ4n) is 1.01. The van der Waals surface area contributed by atoms with Gasteiger partial charge in [0.25, 0.3) is 0 Å². The Kier molecular flexibility index (Phi) is 4.40. The molecule has 0 spiro atoms. The van der Waals surface area contributed by atoms with Crippen LogP contribution in [0.2, 0.25) is 0 Å². The van der Waals surface area contributed by atoms with Crippen LogP contribution in [0.3, 0.4) is 0 Å². The van der Waals surface area contributed by atoms with Crippen LogP contribution >= 0.6 is 15.9 Å². The first-order valence-corrected chi connectivity index (χ1v) is 4.97. The van der Waals surface area contributed by atoms with Crippen molar-refractivity contribution in [2.24, 2.45) is 5.11 Å². The van der Waals surface area contributed by atoms with E-state index in [1.54, 1.807) is 12.1 Å². The number of benzene rings is 1. The maximum atomic E-state index is 10.9. The Morgan fingerprint density at radius 1 is 1.62 bits per heavy atom. The molecule has 0 aliphatic rings. The molecule has 0 aliphatic carbocycles. The summed E-state index contributed by atoms with van der Waals surface area (Å²) >= 11 is 3.23. The smallest absolute Gasteiger partial charge is 0.336 e. The summed E-state index contributed by atoms with van der Waals surface area (Å²) in [6.45, 7) is 0.0159. The summed E-state index contributed by atoms with van der Waals surface area (Å²) in [4.78, 5) is 13.4. The topological polar surface area (TPSA) is 86.1 Å². The van der Waals surface area contributed by atoms with Crippen molar-refractivity contribution in [1.82, 2.24) is 0 Å². The molecule has 1 aromatic carbocycles. The molecule has 5 nitrogen and oxygen atoms in total. The van der Waals surface area contributed by atoms with Crippen LogP contribution in [0.25, 0.3) is 10.4 Å². The Morgan fingerprint density at radius 2 is 2.38 bits per heavy atom. The van der Waals surface area contributed by atoms with E-state index in [2.05, 4.69) is 37.8 Å². The summed E-state index contributed by atoms with van der Waals surface area (Å²) in [7, 11) is 0. The lowest BCUT2D eigenvalue weighted by atomic mass is 10.1. The number of carboxylic acid groups (broad SMARTS) is 1. The van der Waals surface area contributed by atoms with E-state index < -0.39 is 5.97 Å². The molecular formula is C10H6BrN3O2. The summed E-state index contributed by atoms with van der Waals surface area (Å²) in [5.41, 5.74) is 8.55. The highest BCUT2D eigenvalue weighted by molar-refractivity contribution is 9.10. The van der Waals surface area contributed by atoms with Crippen molar-refractivity contribution in [3.8, 4) is 11.8 Å². The third-order valence-electron chi connectivity index (χ3n) is 1.65. The van der Waals surface area contributed by atoms with Crippen molar-refractivity contribution in [3.63, 3.8) is 0 Å². The Morgan fingerprint density at radius 3 is 3.00 bits per heavy atom. The van der Waals surface area contributed by atoms with Crippen molar-refractivity contribution < 1.29 is 9.90 Å². The van der Waals surface area contributed by atoms with Gasteiger partial charge in [-0.3, -0.25) is 0 Å². The number of carbonyl (C=O) groups is 1. The molecule has 0 aromatic heterocycles. The molecule has 0 amide bonds. The van der Waals surface area contributed by atoms with Crippen LogP contribution in [-0.2, 0) is 0 Å². The van der Waals surface area contributed by atoms with Crippen LogP contribution in [0.15, 0.2) is 27.8 Å². The summed E-state index contributed by atoms with van der Waals surface area (Å²) in [5, 5.41) is 12.1. The Labute approximate surface area is 99.8 Å². The van der Waals surface area contributed by atoms with Gasteiger partial charge in [-0.2, -0.15) is 0 Å². The summed E-state index contributed by atoms with van der Waals surface area (Å²) < 4.78 is 0.741. The van der Waals surface area contributed by atoms with Crippen molar-refractivity contribution in [2.45, 2.75) is 0 Å². The predicted molar refractivity (Wildman–Crippen MR) is 62.0 cm³/mol. The highest BCUT2D eigenvalue weighted by Gasteiger charge is 2.07. The largest absolute Gasteiger partial charge is 0.478 e. The molecule has 0 fully saturated rings. The molecule has 0 saturated heterocycles. The third kappa shape index (κ3) is 3.31. The number of aromatic carboxylic acids is 1. The second-order valence-corrected chi connectivity index (χ2v) is 3.60. The number of hydrogen-bond donors (Lipinski definition) is 1. The number of azide groups is 1. The molecule has 0 radical (unpaired) electrons. The maximum Gasteiger partial charge on any atom is 0.336 e. The first kappa shape index (κ1) is 12.1. The van der Waals surface area contributed by atoms with Gasteiger partial charge in [0.1, 0.15) is 0 Å². The summed E-state index contributed by atoms with van der Waals surface area (Å²) in [5.74, 6) is 4.17. The van der Waals surface area contributed by atoms with Gasteiger partial charge in [0.2, 0.25) is 0 Å². The van der Waals surface area contributed by atoms with Gasteiger partial charge in [-0.1, -0.05) is 32.9 Å². The lowest BCUT2D eigenvalue weighted by Gasteiger charge is -1.99. The average molecular weight is 280 g/mol. The van der Waals surface area contributed by atoms with Crippen molar-refractivity contribution >= 4 is 21.9 Å². The number of halogens is 1. The van der Waals surface area contributed by atoms with Crippen molar-refractivity contribution in [3.05, 3.63) is 44.2 Å². The van der Waals surface area contributed by atoms with Gasteiger partial charge in [-0.05, 0) is 23.7 Å². The Hall–Kier alpha value is -1.96. The highest BCUT2D eigenvalue weighted by atomic mass is 79.9. The van der Waals surface area contributed by atoms with Gasteiger partial charge in [0, 0.05) is 14.9 Å². The molecule has 0 unspecified atom stereocenters. The highest BCUT2D eigenvalue weighted by Crippen LogP contribution is 2.15. The molecule has 1 rings (SSSR count). The lowest BCUT2D eigenvalue weighted by Crippen LogP contribution is -1.99. The van der Waals surface area contributed by atoms with Crippen LogP contribution in [0.5, 0.6) is 0 Å². The number of carboxylic acids is 1. The standard InChI is InChI=1S/C10H6BrN3O2/c11-8-3-4-9(10(15)16)7(6-8)2-1-5-13-14-12/h3-4,6H,5H2,(H,15,16). The van der Waals surface area contributed by atoms with Crippen molar-refractivity contribution in [2.75, 3.05) is 6.54 Å². The van der Waals surface area contributed by atoms with Gasteiger partial charge in [0.15, 0.2) is 0 Å². The molecule has 80 valence electrons. The second-order valence-electron chi connectivity index (χ2n) is 2.69. The molecule has 0 atom stereocenters. The van der Waals surface area contributed by atoms with Gasteiger partial charge >= 0.3 is 5.97 Å². The van der Waals surface area contributed by atoms with Gasteiger partial charge in [-0.15, -0.1) is 0 Å². The minimum atomic E-state index is -1.04. The lowest BCUT2D eigenvalue weighted by molar-refractivity contribution is 0.0696. The predicted octanol–water partition coefficient (Wildman–Crippen LogP) is 2.81. The van der Waals surface area contributed by atoms with E-state index in [-0.39, 0.29) is 12.1 Å². The molecule has 1 aromatic rings. The summed E-state index contributed by atoms with van der Waals surface area (Å²) in [6, 6.07) is 4.69. The van der Waals surface area contributed by atoms with Gasteiger partial charge in [0.05, 0.1) is 12.1 Å². The average Bonchev–Trinajstić information content (AvgIpc) is 2.24. The first-order valence-electron chi connectivity index (χ1n) is 4.17. The molecule has 0 bridgehead atoms. The zero-order chi connectivity index (χ0) is 12.0.